The maximum absolute atomic E-state index is 12.0. The highest BCUT2D eigenvalue weighted by molar-refractivity contribution is 6.30. The van der Waals surface area contributed by atoms with E-state index in [2.05, 4.69) is 5.32 Å². The molecule has 0 aliphatic heterocycles. The lowest BCUT2D eigenvalue weighted by molar-refractivity contribution is -0.127. The van der Waals surface area contributed by atoms with Gasteiger partial charge in [-0.25, -0.2) is 0 Å². The zero-order valence-corrected chi connectivity index (χ0v) is 14.9. The quantitative estimate of drug-likeness (QED) is 0.772. The molecule has 0 bridgehead atoms. The average Bonchev–Trinajstić information content (AvgIpc) is 2.54. The van der Waals surface area contributed by atoms with Crippen LogP contribution in [0, 0.1) is 13.8 Å². The van der Waals surface area contributed by atoms with Gasteiger partial charge in [-0.05, 0) is 56.2 Å². The molecule has 2 rings (SSSR count). The molecule has 0 unspecified atom stereocenters. The van der Waals surface area contributed by atoms with Crippen molar-refractivity contribution >= 4 is 17.5 Å². The molecule has 24 heavy (non-hydrogen) atoms. The van der Waals surface area contributed by atoms with E-state index in [0.29, 0.717) is 23.9 Å². The Kier molecular flexibility index (Phi) is 6.50. The number of carbonyl (C=O) groups is 1. The molecule has 1 atom stereocenters. The van der Waals surface area contributed by atoms with Crippen LogP contribution in [0.25, 0.3) is 0 Å². The molecule has 5 heteroatoms. The van der Waals surface area contributed by atoms with Gasteiger partial charge < -0.3 is 14.8 Å². The Labute approximate surface area is 147 Å². The van der Waals surface area contributed by atoms with Crippen molar-refractivity contribution in [3.05, 3.63) is 58.6 Å². The first-order valence-corrected chi connectivity index (χ1v) is 8.23. The second-order valence-electron chi connectivity index (χ2n) is 5.63. The van der Waals surface area contributed by atoms with Crippen LogP contribution in [0.5, 0.6) is 11.5 Å². The molecule has 2 aromatic carbocycles. The fourth-order valence-corrected chi connectivity index (χ4v) is 2.32. The first-order valence-electron chi connectivity index (χ1n) is 7.85. The zero-order valence-electron chi connectivity index (χ0n) is 14.1. The van der Waals surface area contributed by atoms with Crippen LogP contribution in [-0.2, 0) is 4.79 Å². The van der Waals surface area contributed by atoms with Gasteiger partial charge in [-0.3, -0.25) is 4.79 Å². The van der Waals surface area contributed by atoms with E-state index in [-0.39, 0.29) is 5.91 Å². The fraction of sp³-hybridized carbons (Fsp3) is 0.316. The van der Waals surface area contributed by atoms with Crippen LogP contribution >= 0.6 is 11.6 Å². The van der Waals surface area contributed by atoms with E-state index in [1.807, 2.05) is 32.0 Å². The van der Waals surface area contributed by atoms with Gasteiger partial charge in [0.2, 0.25) is 0 Å². The summed E-state index contributed by atoms with van der Waals surface area (Å²) in [5, 5.41) is 3.37. The molecule has 1 amide bonds. The molecule has 2 aromatic rings. The number of benzene rings is 2. The molecule has 0 saturated heterocycles. The van der Waals surface area contributed by atoms with Gasteiger partial charge in [-0.15, -0.1) is 0 Å². The number of nitrogens with one attached hydrogen (secondary N) is 1. The van der Waals surface area contributed by atoms with E-state index in [1.54, 1.807) is 31.2 Å². The van der Waals surface area contributed by atoms with Crippen molar-refractivity contribution in [1.82, 2.24) is 5.32 Å². The van der Waals surface area contributed by atoms with Gasteiger partial charge in [-0.1, -0.05) is 29.8 Å². The van der Waals surface area contributed by atoms with Crippen molar-refractivity contribution in [3.63, 3.8) is 0 Å². The largest absolute Gasteiger partial charge is 0.491 e. The fourth-order valence-electron chi connectivity index (χ4n) is 2.14. The van der Waals surface area contributed by atoms with Crippen LogP contribution in [0.1, 0.15) is 18.1 Å². The van der Waals surface area contributed by atoms with Crippen LogP contribution in [0.3, 0.4) is 0 Å². The predicted molar refractivity (Wildman–Crippen MR) is 96.0 cm³/mol. The summed E-state index contributed by atoms with van der Waals surface area (Å²) in [6.45, 7) is 6.52. The molecule has 0 aromatic heterocycles. The van der Waals surface area contributed by atoms with Crippen molar-refractivity contribution in [3.8, 4) is 11.5 Å². The summed E-state index contributed by atoms with van der Waals surface area (Å²) in [6.07, 6.45) is -0.607. The molecule has 0 heterocycles. The summed E-state index contributed by atoms with van der Waals surface area (Å²) < 4.78 is 11.3. The predicted octanol–water partition coefficient (Wildman–Crippen LogP) is 3.92. The molecular weight excluding hydrogens is 326 g/mol. The Morgan fingerprint density at radius 1 is 1.21 bits per heavy atom. The van der Waals surface area contributed by atoms with Gasteiger partial charge >= 0.3 is 0 Å². The second kappa shape index (κ2) is 8.60. The lowest BCUT2D eigenvalue weighted by Gasteiger charge is -2.15. The van der Waals surface area contributed by atoms with E-state index >= 15 is 0 Å². The summed E-state index contributed by atoms with van der Waals surface area (Å²) in [6, 6.07) is 13.0. The standard InChI is InChI=1S/C19H22ClNO3/c1-13-7-8-14(2)18(11-13)23-10-9-21-19(22)15(3)24-17-6-4-5-16(20)12-17/h4-8,11-12,15H,9-10H2,1-3H3,(H,21,22)/t15-/m1/s1. The average molecular weight is 348 g/mol. The minimum atomic E-state index is -0.607. The molecular formula is C19H22ClNO3. The molecule has 0 aliphatic carbocycles. The third kappa shape index (κ3) is 5.46. The molecule has 0 saturated carbocycles. The van der Waals surface area contributed by atoms with E-state index in [4.69, 9.17) is 21.1 Å². The topological polar surface area (TPSA) is 47.6 Å². The maximum atomic E-state index is 12.0. The van der Waals surface area contributed by atoms with Crippen molar-refractivity contribution < 1.29 is 14.3 Å². The number of hydrogen-bond donors (Lipinski definition) is 1. The van der Waals surface area contributed by atoms with Crippen LogP contribution in [-0.4, -0.2) is 25.2 Å². The molecule has 0 fully saturated rings. The highest BCUT2D eigenvalue weighted by Gasteiger charge is 2.14. The number of aryl methyl sites for hydroxylation is 2. The summed E-state index contributed by atoms with van der Waals surface area (Å²) in [5.74, 6) is 1.21. The number of hydrogen-bond acceptors (Lipinski definition) is 3. The molecule has 4 nitrogen and oxygen atoms in total. The molecule has 0 aliphatic rings. The van der Waals surface area contributed by atoms with Crippen LogP contribution in [0.4, 0.5) is 0 Å². The Balaban J connectivity index is 1.75. The van der Waals surface area contributed by atoms with E-state index in [0.717, 1.165) is 16.9 Å². The maximum Gasteiger partial charge on any atom is 0.260 e. The third-order valence-corrected chi connectivity index (χ3v) is 3.72. The number of carbonyl (C=O) groups excluding carboxylic acids is 1. The monoisotopic (exact) mass is 347 g/mol. The molecule has 0 spiro atoms. The van der Waals surface area contributed by atoms with E-state index in [9.17, 15) is 4.79 Å². The van der Waals surface area contributed by atoms with Crippen LogP contribution < -0.4 is 14.8 Å². The van der Waals surface area contributed by atoms with E-state index in [1.165, 1.54) is 0 Å². The minimum absolute atomic E-state index is 0.195. The lowest BCUT2D eigenvalue weighted by Crippen LogP contribution is -2.38. The van der Waals surface area contributed by atoms with Gasteiger partial charge in [0, 0.05) is 5.02 Å². The Hall–Kier alpha value is -2.20. The first kappa shape index (κ1) is 18.1. The SMILES string of the molecule is Cc1ccc(C)c(OCCNC(=O)[C@@H](C)Oc2cccc(Cl)c2)c1. The number of halogens is 1. The van der Waals surface area contributed by atoms with Gasteiger partial charge in [0.1, 0.15) is 18.1 Å². The summed E-state index contributed by atoms with van der Waals surface area (Å²) in [7, 11) is 0. The molecule has 0 radical (unpaired) electrons. The molecule has 128 valence electrons. The van der Waals surface area contributed by atoms with E-state index < -0.39 is 6.10 Å². The lowest BCUT2D eigenvalue weighted by atomic mass is 10.1. The van der Waals surface area contributed by atoms with Gasteiger partial charge in [0.25, 0.3) is 5.91 Å². The summed E-state index contributed by atoms with van der Waals surface area (Å²) in [4.78, 5) is 12.0. The highest BCUT2D eigenvalue weighted by atomic mass is 35.5. The van der Waals surface area contributed by atoms with Crippen molar-refractivity contribution in [2.45, 2.75) is 26.9 Å². The normalized spacial score (nSPS) is 11.7. The number of rotatable bonds is 7. The summed E-state index contributed by atoms with van der Waals surface area (Å²) in [5.41, 5.74) is 2.22. The number of amides is 1. The van der Waals surface area contributed by atoms with Crippen molar-refractivity contribution in [2.24, 2.45) is 0 Å². The first-order chi connectivity index (χ1) is 11.5. The highest BCUT2D eigenvalue weighted by Crippen LogP contribution is 2.19. The Morgan fingerprint density at radius 3 is 2.75 bits per heavy atom. The van der Waals surface area contributed by atoms with Crippen molar-refractivity contribution in [2.75, 3.05) is 13.2 Å². The van der Waals surface area contributed by atoms with Crippen LogP contribution in [0.2, 0.25) is 5.02 Å². The third-order valence-electron chi connectivity index (χ3n) is 3.48. The van der Waals surface area contributed by atoms with Gasteiger partial charge in [0.05, 0.1) is 6.54 Å². The smallest absolute Gasteiger partial charge is 0.260 e. The molecule has 1 N–H and O–H groups in total. The second-order valence-corrected chi connectivity index (χ2v) is 6.06. The van der Waals surface area contributed by atoms with Gasteiger partial charge in [0.15, 0.2) is 6.10 Å². The zero-order chi connectivity index (χ0) is 17.5. The summed E-state index contributed by atoms with van der Waals surface area (Å²) >= 11 is 5.90. The van der Waals surface area contributed by atoms with Crippen molar-refractivity contribution in [1.29, 1.82) is 0 Å². The van der Waals surface area contributed by atoms with Gasteiger partial charge in [-0.2, -0.15) is 0 Å². The van der Waals surface area contributed by atoms with Crippen LogP contribution in [0.15, 0.2) is 42.5 Å². The Bertz CT molecular complexity index is 703. The minimum Gasteiger partial charge on any atom is -0.491 e. The Morgan fingerprint density at radius 2 is 2.00 bits per heavy atom. The number of ether oxygens (including phenoxy) is 2.